The van der Waals surface area contributed by atoms with Crippen molar-refractivity contribution in [3.63, 3.8) is 0 Å². The Labute approximate surface area is 164 Å². The van der Waals surface area contributed by atoms with E-state index in [2.05, 4.69) is 15.3 Å². The molecule has 2 aromatic carbocycles. The predicted molar refractivity (Wildman–Crippen MR) is 106 cm³/mol. The molecule has 2 heterocycles. The molecule has 0 unspecified atom stereocenters. The number of fused-ring (bicyclic) bond motifs is 1. The van der Waals surface area contributed by atoms with Crippen LogP contribution in [0.2, 0.25) is 0 Å². The molecule has 0 amide bonds. The SMILES string of the molecule is CCOc1ccc(-c2cc3c(=O)[nH]nc(SCc4cccc(F)c4)n3n2)cc1. The number of hydrogen-bond donors (Lipinski definition) is 1. The lowest BCUT2D eigenvalue weighted by atomic mass is 10.1. The number of rotatable bonds is 6. The largest absolute Gasteiger partial charge is 0.494 e. The minimum Gasteiger partial charge on any atom is -0.494 e. The third-order valence-corrected chi connectivity index (χ3v) is 5.09. The van der Waals surface area contributed by atoms with Gasteiger partial charge in [0.1, 0.15) is 17.1 Å². The van der Waals surface area contributed by atoms with Crippen molar-refractivity contribution >= 4 is 17.3 Å². The normalized spacial score (nSPS) is 11.1. The molecule has 0 aliphatic rings. The minimum absolute atomic E-state index is 0.283. The van der Waals surface area contributed by atoms with Crippen molar-refractivity contribution in [1.29, 1.82) is 0 Å². The molecule has 0 radical (unpaired) electrons. The Kier molecular flexibility index (Phi) is 5.12. The van der Waals surface area contributed by atoms with Crippen LogP contribution in [-0.4, -0.2) is 26.4 Å². The van der Waals surface area contributed by atoms with E-state index in [4.69, 9.17) is 4.74 Å². The number of nitrogens with one attached hydrogen (secondary N) is 1. The first-order chi connectivity index (χ1) is 13.6. The van der Waals surface area contributed by atoms with E-state index < -0.39 is 0 Å². The molecule has 4 aromatic rings. The molecule has 0 saturated carbocycles. The summed E-state index contributed by atoms with van der Waals surface area (Å²) in [6.07, 6.45) is 0. The summed E-state index contributed by atoms with van der Waals surface area (Å²) in [6.45, 7) is 2.53. The van der Waals surface area contributed by atoms with Crippen LogP contribution in [0.1, 0.15) is 12.5 Å². The van der Waals surface area contributed by atoms with Gasteiger partial charge in [0.05, 0.1) is 12.3 Å². The van der Waals surface area contributed by atoms with Gasteiger partial charge in [0.2, 0.25) is 5.16 Å². The van der Waals surface area contributed by atoms with Crippen LogP contribution in [0.5, 0.6) is 5.75 Å². The van der Waals surface area contributed by atoms with Crippen LogP contribution in [0.25, 0.3) is 16.8 Å². The van der Waals surface area contributed by atoms with Gasteiger partial charge in [0, 0.05) is 11.3 Å². The lowest BCUT2D eigenvalue weighted by Crippen LogP contribution is -2.13. The average Bonchev–Trinajstić information content (AvgIpc) is 3.15. The molecule has 2 aromatic heterocycles. The van der Waals surface area contributed by atoms with E-state index in [0.717, 1.165) is 16.9 Å². The lowest BCUT2D eigenvalue weighted by molar-refractivity contribution is 0.340. The molecule has 0 bridgehead atoms. The van der Waals surface area contributed by atoms with E-state index in [0.29, 0.717) is 28.7 Å². The van der Waals surface area contributed by atoms with Gasteiger partial charge in [0.15, 0.2) is 0 Å². The number of aromatic nitrogens is 4. The number of benzene rings is 2. The Morgan fingerprint density at radius 2 is 2.00 bits per heavy atom. The molecule has 0 saturated heterocycles. The Morgan fingerprint density at radius 3 is 2.75 bits per heavy atom. The lowest BCUT2D eigenvalue weighted by Gasteiger charge is -2.04. The second-order valence-electron chi connectivity index (χ2n) is 6.04. The highest BCUT2D eigenvalue weighted by Gasteiger charge is 2.13. The number of ether oxygens (including phenoxy) is 1. The Morgan fingerprint density at radius 1 is 1.18 bits per heavy atom. The van der Waals surface area contributed by atoms with Crippen LogP contribution in [0.3, 0.4) is 0 Å². The number of hydrogen-bond acceptors (Lipinski definition) is 5. The van der Waals surface area contributed by atoms with E-state index in [9.17, 15) is 9.18 Å². The van der Waals surface area contributed by atoms with Gasteiger partial charge in [-0.15, -0.1) is 5.10 Å². The molecule has 8 heteroatoms. The molecule has 0 spiro atoms. The molecule has 4 rings (SSSR count). The molecule has 0 atom stereocenters. The van der Waals surface area contributed by atoms with Crippen molar-refractivity contribution in [1.82, 2.24) is 19.8 Å². The molecule has 142 valence electrons. The highest BCUT2D eigenvalue weighted by atomic mass is 32.2. The van der Waals surface area contributed by atoms with E-state index in [1.54, 1.807) is 12.1 Å². The summed E-state index contributed by atoms with van der Waals surface area (Å²) in [5.41, 5.74) is 2.44. The molecule has 28 heavy (non-hydrogen) atoms. The van der Waals surface area contributed by atoms with Crippen LogP contribution in [0.15, 0.2) is 64.5 Å². The summed E-state index contributed by atoms with van der Waals surface area (Å²) < 4.78 is 20.3. The molecule has 1 N–H and O–H groups in total. The highest BCUT2D eigenvalue weighted by Crippen LogP contribution is 2.25. The zero-order chi connectivity index (χ0) is 19.5. The van der Waals surface area contributed by atoms with E-state index >= 15 is 0 Å². The first kappa shape index (κ1) is 18.2. The Bertz CT molecular complexity index is 1170. The van der Waals surface area contributed by atoms with Crippen LogP contribution in [0.4, 0.5) is 4.39 Å². The quantitative estimate of drug-likeness (QED) is 0.500. The predicted octanol–water partition coefficient (Wildman–Crippen LogP) is 3.91. The third kappa shape index (κ3) is 3.77. The average molecular weight is 396 g/mol. The Balaban J connectivity index is 1.65. The monoisotopic (exact) mass is 396 g/mol. The fourth-order valence-electron chi connectivity index (χ4n) is 2.79. The number of H-pyrrole nitrogens is 1. The van der Waals surface area contributed by atoms with Crippen LogP contribution in [0, 0.1) is 5.82 Å². The summed E-state index contributed by atoms with van der Waals surface area (Å²) >= 11 is 1.37. The van der Waals surface area contributed by atoms with Gasteiger partial charge in [-0.05, 0) is 55.0 Å². The molecule has 0 aliphatic carbocycles. The number of nitrogens with zero attached hydrogens (tertiary/aromatic N) is 3. The minimum atomic E-state index is -0.320. The van der Waals surface area contributed by atoms with Gasteiger partial charge in [-0.2, -0.15) is 5.10 Å². The van der Waals surface area contributed by atoms with Crippen LogP contribution in [-0.2, 0) is 5.75 Å². The second-order valence-corrected chi connectivity index (χ2v) is 6.98. The van der Waals surface area contributed by atoms with Gasteiger partial charge in [-0.1, -0.05) is 23.9 Å². The van der Waals surface area contributed by atoms with Gasteiger partial charge in [-0.25, -0.2) is 14.0 Å². The second kappa shape index (κ2) is 7.85. The summed E-state index contributed by atoms with van der Waals surface area (Å²) in [5, 5.41) is 11.7. The van der Waals surface area contributed by atoms with Crippen molar-refractivity contribution in [2.75, 3.05) is 6.61 Å². The zero-order valence-electron chi connectivity index (χ0n) is 15.1. The smallest absolute Gasteiger partial charge is 0.290 e. The zero-order valence-corrected chi connectivity index (χ0v) is 15.9. The third-order valence-electron chi connectivity index (χ3n) is 4.09. The summed E-state index contributed by atoms with van der Waals surface area (Å²) in [6, 6.07) is 15.6. The maximum atomic E-state index is 13.4. The standard InChI is InChI=1S/C20H17FN4O2S/c1-2-27-16-8-6-14(7-9-16)17-11-18-19(26)22-23-20(25(18)24-17)28-12-13-4-3-5-15(21)10-13/h3-11H,2,12H2,1H3,(H,22,26). The highest BCUT2D eigenvalue weighted by molar-refractivity contribution is 7.98. The number of aromatic amines is 1. The van der Waals surface area contributed by atoms with E-state index in [1.807, 2.05) is 37.3 Å². The van der Waals surface area contributed by atoms with Crippen LogP contribution >= 0.6 is 11.8 Å². The topological polar surface area (TPSA) is 72.3 Å². The number of halogens is 1. The van der Waals surface area contributed by atoms with E-state index in [1.165, 1.54) is 28.4 Å². The van der Waals surface area contributed by atoms with Crippen LogP contribution < -0.4 is 10.3 Å². The molecule has 6 nitrogen and oxygen atoms in total. The van der Waals surface area contributed by atoms with Crippen molar-refractivity contribution in [3.05, 3.63) is 76.3 Å². The van der Waals surface area contributed by atoms with Gasteiger partial charge in [0.25, 0.3) is 5.56 Å². The van der Waals surface area contributed by atoms with Gasteiger partial charge >= 0.3 is 0 Å². The summed E-state index contributed by atoms with van der Waals surface area (Å²) in [4.78, 5) is 12.2. The van der Waals surface area contributed by atoms with Crippen molar-refractivity contribution in [3.8, 4) is 17.0 Å². The first-order valence-corrected chi connectivity index (χ1v) is 9.71. The molecular weight excluding hydrogens is 379 g/mol. The maximum Gasteiger partial charge on any atom is 0.290 e. The Hall–Kier alpha value is -3.13. The van der Waals surface area contributed by atoms with Crippen molar-refractivity contribution in [2.24, 2.45) is 0 Å². The van der Waals surface area contributed by atoms with Gasteiger partial charge in [-0.3, -0.25) is 4.79 Å². The van der Waals surface area contributed by atoms with Crippen molar-refractivity contribution < 1.29 is 9.13 Å². The molecular formula is C20H17FN4O2S. The van der Waals surface area contributed by atoms with E-state index in [-0.39, 0.29) is 11.4 Å². The van der Waals surface area contributed by atoms with Crippen molar-refractivity contribution in [2.45, 2.75) is 17.8 Å². The fourth-order valence-corrected chi connectivity index (χ4v) is 3.64. The summed E-state index contributed by atoms with van der Waals surface area (Å²) in [7, 11) is 0. The summed E-state index contributed by atoms with van der Waals surface area (Å²) in [5.74, 6) is 1.000. The fraction of sp³-hybridized carbons (Fsp3) is 0.150. The molecule has 0 aliphatic heterocycles. The first-order valence-electron chi connectivity index (χ1n) is 8.73. The number of thioether (sulfide) groups is 1. The van der Waals surface area contributed by atoms with Gasteiger partial charge < -0.3 is 4.74 Å². The molecule has 0 fully saturated rings. The maximum absolute atomic E-state index is 13.4.